The van der Waals surface area contributed by atoms with Crippen LogP contribution in [-0.4, -0.2) is 32.8 Å². The van der Waals surface area contributed by atoms with Gasteiger partial charge in [0.2, 0.25) is 0 Å². The molecule has 2 atom stereocenters. The molecule has 1 rings (SSSR count). The SMILES string of the molecule is CC1COS(=O)(=O)NC1CO. The van der Waals surface area contributed by atoms with E-state index in [1.807, 2.05) is 6.92 Å². The van der Waals surface area contributed by atoms with E-state index in [4.69, 9.17) is 5.11 Å². The molecule has 66 valence electrons. The van der Waals surface area contributed by atoms with Crippen molar-refractivity contribution >= 4 is 10.3 Å². The van der Waals surface area contributed by atoms with Crippen molar-refractivity contribution in [1.82, 2.24) is 4.72 Å². The minimum atomic E-state index is -3.59. The van der Waals surface area contributed by atoms with Gasteiger partial charge in [0.25, 0.3) is 0 Å². The normalized spacial score (nSPS) is 36.9. The van der Waals surface area contributed by atoms with Crippen molar-refractivity contribution in [3.05, 3.63) is 0 Å². The summed E-state index contributed by atoms with van der Waals surface area (Å²) in [4.78, 5) is 0. The summed E-state index contributed by atoms with van der Waals surface area (Å²) in [5.74, 6) is 0.0172. The summed E-state index contributed by atoms with van der Waals surface area (Å²) < 4.78 is 28.1. The highest BCUT2D eigenvalue weighted by Gasteiger charge is 2.29. The molecule has 0 aliphatic carbocycles. The monoisotopic (exact) mass is 181 g/mol. The molecule has 0 radical (unpaired) electrons. The second-order valence-corrected chi connectivity index (χ2v) is 4.00. The number of nitrogens with one attached hydrogen (secondary N) is 1. The fraction of sp³-hybridized carbons (Fsp3) is 1.00. The largest absolute Gasteiger partial charge is 0.395 e. The molecule has 0 amide bonds. The van der Waals surface area contributed by atoms with Gasteiger partial charge in [0.1, 0.15) is 0 Å². The van der Waals surface area contributed by atoms with Crippen LogP contribution in [0.25, 0.3) is 0 Å². The molecule has 6 heteroatoms. The Labute approximate surface area is 65.6 Å². The van der Waals surface area contributed by atoms with Gasteiger partial charge in [-0.1, -0.05) is 6.92 Å². The Morgan fingerprint density at radius 2 is 2.36 bits per heavy atom. The molecule has 0 spiro atoms. The molecule has 0 aromatic rings. The minimum absolute atomic E-state index is 0.0172. The molecule has 0 saturated carbocycles. The third kappa shape index (κ3) is 2.13. The molecule has 0 aromatic heterocycles. The lowest BCUT2D eigenvalue weighted by atomic mass is 10.1. The van der Waals surface area contributed by atoms with E-state index in [1.165, 1.54) is 0 Å². The summed E-state index contributed by atoms with van der Waals surface area (Å²) in [5.41, 5.74) is 0. The number of hydrogen-bond acceptors (Lipinski definition) is 4. The summed E-state index contributed by atoms with van der Waals surface area (Å²) in [6, 6.07) is -0.409. The molecule has 1 saturated heterocycles. The van der Waals surface area contributed by atoms with Gasteiger partial charge in [-0.25, -0.2) is 0 Å². The lowest BCUT2D eigenvalue weighted by molar-refractivity contribution is 0.147. The van der Waals surface area contributed by atoms with Gasteiger partial charge in [-0.15, -0.1) is 0 Å². The topological polar surface area (TPSA) is 75.6 Å². The number of aliphatic hydroxyl groups excluding tert-OH is 1. The van der Waals surface area contributed by atoms with Crippen LogP contribution in [0.15, 0.2) is 0 Å². The first-order chi connectivity index (χ1) is 5.05. The first-order valence-corrected chi connectivity index (χ1v) is 4.73. The zero-order valence-electron chi connectivity index (χ0n) is 6.15. The molecule has 1 fully saturated rings. The average molecular weight is 181 g/mol. The van der Waals surface area contributed by atoms with Gasteiger partial charge in [0.15, 0.2) is 0 Å². The van der Waals surface area contributed by atoms with Gasteiger partial charge in [0, 0.05) is 0 Å². The zero-order chi connectivity index (χ0) is 8.48. The van der Waals surface area contributed by atoms with E-state index in [-0.39, 0.29) is 19.1 Å². The van der Waals surface area contributed by atoms with Gasteiger partial charge in [-0.05, 0) is 5.92 Å². The summed E-state index contributed by atoms with van der Waals surface area (Å²) in [7, 11) is -3.59. The molecule has 1 heterocycles. The van der Waals surface area contributed by atoms with Crippen molar-refractivity contribution in [3.63, 3.8) is 0 Å². The van der Waals surface area contributed by atoms with E-state index >= 15 is 0 Å². The fourth-order valence-electron chi connectivity index (χ4n) is 0.866. The maximum absolute atomic E-state index is 10.7. The van der Waals surface area contributed by atoms with Crippen LogP contribution in [0.3, 0.4) is 0 Å². The average Bonchev–Trinajstić information content (AvgIpc) is 1.94. The molecule has 11 heavy (non-hydrogen) atoms. The van der Waals surface area contributed by atoms with Crippen LogP contribution in [0.2, 0.25) is 0 Å². The molecular weight excluding hydrogens is 170 g/mol. The van der Waals surface area contributed by atoms with Crippen molar-refractivity contribution in [3.8, 4) is 0 Å². The van der Waals surface area contributed by atoms with Gasteiger partial charge < -0.3 is 5.11 Å². The number of hydrogen-bond donors (Lipinski definition) is 2. The predicted octanol–water partition coefficient (Wildman–Crippen LogP) is -1.15. The molecule has 2 unspecified atom stereocenters. The summed E-state index contributed by atoms with van der Waals surface area (Å²) in [5, 5.41) is 8.71. The zero-order valence-corrected chi connectivity index (χ0v) is 6.97. The highest BCUT2D eigenvalue weighted by Crippen LogP contribution is 2.11. The Morgan fingerprint density at radius 3 is 2.82 bits per heavy atom. The highest BCUT2D eigenvalue weighted by molar-refractivity contribution is 7.84. The molecule has 0 bridgehead atoms. The Balaban J connectivity index is 2.66. The van der Waals surface area contributed by atoms with Crippen LogP contribution in [0.1, 0.15) is 6.92 Å². The Morgan fingerprint density at radius 1 is 1.73 bits per heavy atom. The third-order valence-electron chi connectivity index (χ3n) is 1.67. The van der Waals surface area contributed by atoms with Crippen molar-refractivity contribution in [2.24, 2.45) is 5.92 Å². The lowest BCUT2D eigenvalue weighted by Crippen LogP contribution is -2.49. The van der Waals surface area contributed by atoms with E-state index in [0.717, 1.165) is 0 Å². The Bertz CT molecular complexity index is 225. The second kappa shape index (κ2) is 3.06. The van der Waals surface area contributed by atoms with E-state index in [0.29, 0.717) is 0 Å². The number of rotatable bonds is 1. The van der Waals surface area contributed by atoms with Crippen molar-refractivity contribution in [2.45, 2.75) is 13.0 Å². The van der Waals surface area contributed by atoms with Gasteiger partial charge in [-0.3, -0.25) is 4.18 Å². The first kappa shape index (κ1) is 8.92. The van der Waals surface area contributed by atoms with Crippen LogP contribution in [-0.2, 0) is 14.5 Å². The molecule has 0 aromatic carbocycles. The van der Waals surface area contributed by atoms with Crippen LogP contribution >= 0.6 is 0 Å². The summed E-state index contributed by atoms with van der Waals surface area (Å²) >= 11 is 0. The van der Waals surface area contributed by atoms with E-state index in [1.54, 1.807) is 0 Å². The predicted molar refractivity (Wildman–Crippen MR) is 38.0 cm³/mol. The molecule has 1 aliphatic heterocycles. The standard InChI is InChI=1S/C5H11NO4S/c1-4-3-10-11(8,9)6-5(4)2-7/h4-7H,2-3H2,1H3. The van der Waals surface area contributed by atoms with Crippen LogP contribution in [0, 0.1) is 5.92 Å². The van der Waals surface area contributed by atoms with E-state index in [9.17, 15) is 8.42 Å². The quantitative estimate of drug-likeness (QED) is 0.535. The van der Waals surface area contributed by atoms with Gasteiger partial charge in [0.05, 0.1) is 19.3 Å². The summed E-state index contributed by atoms with van der Waals surface area (Å²) in [6.07, 6.45) is 0. The van der Waals surface area contributed by atoms with Gasteiger partial charge >= 0.3 is 10.3 Å². The van der Waals surface area contributed by atoms with Crippen LogP contribution in [0.5, 0.6) is 0 Å². The smallest absolute Gasteiger partial charge is 0.336 e. The maximum atomic E-state index is 10.7. The Hall–Kier alpha value is -0.170. The molecule has 2 N–H and O–H groups in total. The summed E-state index contributed by atoms with van der Waals surface area (Å²) in [6.45, 7) is 1.76. The third-order valence-corrected chi connectivity index (χ3v) is 2.70. The van der Waals surface area contributed by atoms with Gasteiger partial charge in [-0.2, -0.15) is 13.1 Å². The minimum Gasteiger partial charge on any atom is -0.395 e. The van der Waals surface area contributed by atoms with Crippen molar-refractivity contribution < 1.29 is 17.7 Å². The molecule has 1 aliphatic rings. The van der Waals surface area contributed by atoms with Crippen molar-refractivity contribution in [2.75, 3.05) is 13.2 Å². The van der Waals surface area contributed by atoms with Crippen molar-refractivity contribution in [1.29, 1.82) is 0 Å². The first-order valence-electron chi connectivity index (χ1n) is 3.32. The fourth-order valence-corrected chi connectivity index (χ4v) is 2.01. The van der Waals surface area contributed by atoms with Crippen LogP contribution < -0.4 is 4.72 Å². The molecule has 5 nitrogen and oxygen atoms in total. The number of aliphatic hydroxyl groups is 1. The molecular formula is C5H11NO4S. The van der Waals surface area contributed by atoms with E-state index in [2.05, 4.69) is 8.91 Å². The second-order valence-electron chi connectivity index (χ2n) is 2.62. The van der Waals surface area contributed by atoms with Crippen LogP contribution in [0.4, 0.5) is 0 Å². The lowest BCUT2D eigenvalue weighted by Gasteiger charge is -2.27. The van der Waals surface area contributed by atoms with E-state index < -0.39 is 16.3 Å². The Kier molecular flexibility index (Phi) is 2.48. The maximum Gasteiger partial charge on any atom is 0.336 e. The highest BCUT2D eigenvalue weighted by atomic mass is 32.2.